The first kappa shape index (κ1) is 13.8. The van der Waals surface area contributed by atoms with E-state index in [1.807, 2.05) is 18.2 Å². The predicted octanol–water partition coefficient (Wildman–Crippen LogP) is 2.63. The molecule has 0 spiro atoms. The highest BCUT2D eigenvalue weighted by atomic mass is 79.9. The van der Waals surface area contributed by atoms with Gasteiger partial charge in [0, 0.05) is 16.0 Å². The summed E-state index contributed by atoms with van der Waals surface area (Å²) in [6.45, 7) is 0. The van der Waals surface area contributed by atoms with Crippen molar-refractivity contribution in [1.82, 2.24) is 15.1 Å². The minimum Gasteiger partial charge on any atom is -0.355 e. The Morgan fingerprint density at radius 2 is 2.21 bits per heavy atom. The van der Waals surface area contributed by atoms with Crippen molar-refractivity contribution in [2.75, 3.05) is 7.05 Å². The second-order valence-electron chi connectivity index (χ2n) is 3.61. The van der Waals surface area contributed by atoms with Gasteiger partial charge in [-0.25, -0.2) is 4.68 Å². The molecule has 0 bridgehead atoms. The van der Waals surface area contributed by atoms with E-state index in [-0.39, 0.29) is 17.2 Å². The second-order valence-corrected chi connectivity index (χ2v) is 5.38. The molecule has 96 valence electrons. The molecule has 0 aliphatic rings. The van der Waals surface area contributed by atoms with Gasteiger partial charge < -0.3 is 5.32 Å². The molecule has 0 fully saturated rings. The van der Waals surface area contributed by atoms with Gasteiger partial charge in [-0.1, -0.05) is 15.9 Å². The van der Waals surface area contributed by atoms with E-state index < -0.39 is 0 Å². The van der Waals surface area contributed by atoms with E-state index in [0.29, 0.717) is 5.69 Å². The highest BCUT2D eigenvalue weighted by Crippen LogP contribution is 2.26. The van der Waals surface area contributed by atoms with Crippen molar-refractivity contribution >= 4 is 37.8 Å². The third-order valence-corrected chi connectivity index (χ3v) is 3.61. The zero-order valence-corrected chi connectivity index (χ0v) is 13.0. The summed E-state index contributed by atoms with van der Waals surface area (Å²) in [5, 5.41) is 15.8. The third-order valence-electron chi connectivity index (χ3n) is 2.48. The normalized spacial score (nSPS) is 10.0. The van der Waals surface area contributed by atoms with Crippen LogP contribution in [-0.2, 0) is 0 Å². The minimum absolute atomic E-state index is 0.197. The van der Waals surface area contributed by atoms with Crippen LogP contribution in [0.5, 0.6) is 0 Å². The summed E-state index contributed by atoms with van der Waals surface area (Å²) in [6.07, 6.45) is 1.38. The maximum atomic E-state index is 11.6. The van der Waals surface area contributed by atoms with Crippen molar-refractivity contribution in [3.63, 3.8) is 0 Å². The molecule has 0 saturated carbocycles. The third kappa shape index (κ3) is 2.55. The largest absolute Gasteiger partial charge is 0.355 e. The first-order valence-electron chi connectivity index (χ1n) is 5.24. The number of carbonyl (C=O) groups is 1. The van der Waals surface area contributed by atoms with Crippen LogP contribution < -0.4 is 5.32 Å². The zero-order valence-electron chi connectivity index (χ0n) is 9.82. The van der Waals surface area contributed by atoms with Crippen LogP contribution in [0.1, 0.15) is 16.1 Å². The summed E-state index contributed by atoms with van der Waals surface area (Å²) in [7, 11) is 1.51. The summed E-state index contributed by atoms with van der Waals surface area (Å²) in [6, 6.07) is 7.49. The molecule has 0 aliphatic carbocycles. The maximum Gasteiger partial charge on any atom is 0.255 e. The number of amides is 1. The number of carbonyl (C=O) groups excluding carboxylic acids is 1. The SMILES string of the molecule is CNC(=O)c1cnn(-c2ccc(Br)cc2Br)c1C#N. The van der Waals surface area contributed by atoms with E-state index in [0.717, 1.165) is 8.95 Å². The van der Waals surface area contributed by atoms with Gasteiger partial charge >= 0.3 is 0 Å². The summed E-state index contributed by atoms with van der Waals surface area (Å²) in [5.41, 5.74) is 1.14. The van der Waals surface area contributed by atoms with Crippen molar-refractivity contribution in [1.29, 1.82) is 5.26 Å². The van der Waals surface area contributed by atoms with Crippen molar-refractivity contribution in [2.45, 2.75) is 0 Å². The molecule has 19 heavy (non-hydrogen) atoms. The van der Waals surface area contributed by atoms with Crippen molar-refractivity contribution < 1.29 is 4.79 Å². The zero-order chi connectivity index (χ0) is 14.0. The molecule has 0 radical (unpaired) electrons. The van der Waals surface area contributed by atoms with Gasteiger partial charge in [0.15, 0.2) is 5.69 Å². The molecule has 1 aromatic heterocycles. The molecule has 1 N–H and O–H groups in total. The van der Waals surface area contributed by atoms with Crippen LogP contribution in [0.2, 0.25) is 0 Å². The van der Waals surface area contributed by atoms with E-state index in [9.17, 15) is 10.1 Å². The molecule has 0 aliphatic heterocycles. The van der Waals surface area contributed by atoms with E-state index in [1.54, 1.807) is 6.07 Å². The van der Waals surface area contributed by atoms with Gasteiger partial charge in [-0.05, 0) is 34.1 Å². The summed E-state index contributed by atoms with van der Waals surface area (Å²) < 4.78 is 3.10. The standard InChI is InChI=1S/C12H8Br2N4O/c1-16-12(19)8-6-17-18(11(8)5-15)10-3-2-7(13)4-9(10)14/h2-4,6H,1H3,(H,16,19). The quantitative estimate of drug-likeness (QED) is 0.866. The van der Waals surface area contributed by atoms with Gasteiger partial charge in [0.2, 0.25) is 0 Å². The highest BCUT2D eigenvalue weighted by Gasteiger charge is 2.18. The maximum absolute atomic E-state index is 11.6. The number of hydrogen-bond donors (Lipinski definition) is 1. The average molecular weight is 384 g/mol. The number of halogens is 2. The topological polar surface area (TPSA) is 70.7 Å². The molecule has 0 atom stereocenters. The number of hydrogen-bond acceptors (Lipinski definition) is 3. The monoisotopic (exact) mass is 382 g/mol. The Hall–Kier alpha value is -1.65. The fraction of sp³-hybridized carbons (Fsp3) is 0.0833. The van der Waals surface area contributed by atoms with Gasteiger partial charge in [0.05, 0.1) is 17.4 Å². The van der Waals surface area contributed by atoms with Crippen LogP contribution in [0.15, 0.2) is 33.3 Å². The number of nitriles is 1. The van der Waals surface area contributed by atoms with Crippen molar-refractivity contribution in [3.8, 4) is 11.8 Å². The Bertz CT molecular complexity index is 688. The lowest BCUT2D eigenvalue weighted by molar-refractivity contribution is 0.0963. The molecule has 2 rings (SSSR count). The van der Waals surface area contributed by atoms with Crippen molar-refractivity contribution in [3.05, 3.63) is 44.6 Å². The van der Waals surface area contributed by atoms with Gasteiger partial charge in [-0.2, -0.15) is 10.4 Å². The van der Waals surface area contributed by atoms with Gasteiger partial charge in [0.1, 0.15) is 6.07 Å². The Morgan fingerprint density at radius 1 is 1.47 bits per heavy atom. The van der Waals surface area contributed by atoms with Gasteiger partial charge in [-0.15, -0.1) is 0 Å². The van der Waals surface area contributed by atoms with Crippen LogP contribution in [0.4, 0.5) is 0 Å². The number of rotatable bonds is 2. The van der Waals surface area contributed by atoms with E-state index in [1.165, 1.54) is 17.9 Å². The second kappa shape index (κ2) is 5.55. The van der Waals surface area contributed by atoms with Gasteiger partial charge in [0.25, 0.3) is 5.91 Å². The van der Waals surface area contributed by atoms with Crippen LogP contribution in [0.3, 0.4) is 0 Å². The molecule has 2 aromatic rings. The van der Waals surface area contributed by atoms with Crippen LogP contribution in [-0.4, -0.2) is 22.7 Å². The lowest BCUT2D eigenvalue weighted by Crippen LogP contribution is -2.18. The first-order chi connectivity index (χ1) is 9.08. The first-order valence-corrected chi connectivity index (χ1v) is 6.82. The average Bonchev–Trinajstić information content (AvgIpc) is 2.81. The summed E-state index contributed by atoms with van der Waals surface area (Å²) >= 11 is 6.76. The van der Waals surface area contributed by atoms with E-state index >= 15 is 0 Å². The Labute approximate surface area is 126 Å². The molecule has 0 saturated heterocycles. The molecule has 1 aromatic carbocycles. The van der Waals surface area contributed by atoms with E-state index in [2.05, 4.69) is 42.3 Å². The summed E-state index contributed by atoms with van der Waals surface area (Å²) in [4.78, 5) is 11.6. The minimum atomic E-state index is -0.337. The van der Waals surface area contributed by atoms with E-state index in [4.69, 9.17) is 0 Å². The Kier molecular flexibility index (Phi) is 4.02. The van der Waals surface area contributed by atoms with Crippen LogP contribution in [0, 0.1) is 11.3 Å². The lowest BCUT2D eigenvalue weighted by Gasteiger charge is -2.06. The number of benzene rings is 1. The van der Waals surface area contributed by atoms with Crippen molar-refractivity contribution in [2.24, 2.45) is 0 Å². The molecule has 7 heteroatoms. The molecule has 1 amide bonds. The lowest BCUT2D eigenvalue weighted by atomic mass is 10.2. The molecule has 0 unspecified atom stereocenters. The smallest absolute Gasteiger partial charge is 0.255 e. The number of nitrogens with one attached hydrogen (secondary N) is 1. The van der Waals surface area contributed by atoms with Crippen LogP contribution in [0.25, 0.3) is 5.69 Å². The molecular weight excluding hydrogens is 376 g/mol. The van der Waals surface area contributed by atoms with Crippen LogP contribution >= 0.6 is 31.9 Å². The molecule has 1 heterocycles. The Morgan fingerprint density at radius 3 is 2.79 bits per heavy atom. The number of nitrogens with zero attached hydrogens (tertiary/aromatic N) is 3. The predicted molar refractivity (Wildman–Crippen MR) is 77.1 cm³/mol. The molecular formula is C12H8Br2N4O. The highest BCUT2D eigenvalue weighted by molar-refractivity contribution is 9.11. The fourth-order valence-corrected chi connectivity index (χ4v) is 2.81. The number of aromatic nitrogens is 2. The fourth-order valence-electron chi connectivity index (χ4n) is 1.59. The Balaban J connectivity index is 2.61. The van der Waals surface area contributed by atoms with Gasteiger partial charge in [-0.3, -0.25) is 4.79 Å². The molecule has 5 nitrogen and oxygen atoms in total. The summed E-state index contributed by atoms with van der Waals surface area (Å²) in [5.74, 6) is -0.337.